The standard InChI is InChI=1S/C13H14N4S/c1-8(14)13-16-10(7-18-13)12-15-9-5-3-4-6-11(9)17(12)2/h3-8H,14H2,1-2H3. The van der Waals surface area contributed by atoms with Gasteiger partial charge in [-0.1, -0.05) is 12.1 Å². The maximum Gasteiger partial charge on any atom is 0.160 e. The lowest BCUT2D eigenvalue weighted by Gasteiger charge is -1.99. The van der Waals surface area contributed by atoms with Crippen LogP contribution in [0.2, 0.25) is 0 Å². The zero-order valence-corrected chi connectivity index (χ0v) is 11.1. The number of rotatable bonds is 2. The summed E-state index contributed by atoms with van der Waals surface area (Å²) in [5.41, 5.74) is 8.84. The first-order valence-corrected chi connectivity index (χ1v) is 6.67. The third kappa shape index (κ3) is 1.72. The lowest BCUT2D eigenvalue weighted by atomic mass is 10.3. The molecule has 0 spiro atoms. The fraction of sp³-hybridized carbons (Fsp3) is 0.231. The van der Waals surface area contributed by atoms with E-state index in [4.69, 9.17) is 5.73 Å². The Morgan fingerprint density at radius 1 is 1.28 bits per heavy atom. The van der Waals surface area contributed by atoms with Gasteiger partial charge in [-0.05, 0) is 19.1 Å². The zero-order chi connectivity index (χ0) is 12.7. The van der Waals surface area contributed by atoms with Crippen molar-refractivity contribution in [1.82, 2.24) is 14.5 Å². The van der Waals surface area contributed by atoms with Gasteiger partial charge in [0.05, 0.1) is 17.1 Å². The molecule has 2 heterocycles. The number of hydrogen-bond acceptors (Lipinski definition) is 4. The number of fused-ring (bicyclic) bond motifs is 1. The van der Waals surface area contributed by atoms with Crippen molar-refractivity contribution < 1.29 is 0 Å². The number of nitrogens with two attached hydrogens (primary N) is 1. The van der Waals surface area contributed by atoms with Crippen molar-refractivity contribution in [3.63, 3.8) is 0 Å². The van der Waals surface area contributed by atoms with E-state index in [0.29, 0.717) is 0 Å². The van der Waals surface area contributed by atoms with Gasteiger partial charge in [-0.2, -0.15) is 0 Å². The van der Waals surface area contributed by atoms with Crippen molar-refractivity contribution >= 4 is 22.4 Å². The Morgan fingerprint density at radius 2 is 2.06 bits per heavy atom. The maximum atomic E-state index is 5.84. The summed E-state index contributed by atoms with van der Waals surface area (Å²) in [6, 6.07) is 8.05. The minimum absolute atomic E-state index is 0.0292. The average Bonchev–Trinajstić information content (AvgIpc) is 2.95. The van der Waals surface area contributed by atoms with Gasteiger partial charge in [0.25, 0.3) is 0 Å². The van der Waals surface area contributed by atoms with Gasteiger partial charge < -0.3 is 10.3 Å². The molecule has 1 unspecified atom stereocenters. The molecule has 0 aliphatic heterocycles. The van der Waals surface area contributed by atoms with Crippen LogP contribution in [0.25, 0.3) is 22.6 Å². The lowest BCUT2D eigenvalue weighted by molar-refractivity contribution is 0.806. The molecule has 3 aromatic rings. The first kappa shape index (κ1) is 11.4. The zero-order valence-electron chi connectivity index (χ0n) is 10.3. The van der Waals surface area contributed by atoms with Gasteiger partial charge in [0.2, 0.25) is 0 Å². The van der Waals surface area contributed by atoms with Crippen molar-refractivity contribution in [2.75, 3.05) is 0 Å². The summed E-state index contributed by atoms with van der Waals surface area (Å²) in [6.07, 6.45) is 0. The highest BCUT2D eigenvalue weighted by atomic mass is 32.1. The maximum absolute atomic E-state index is 5.84. The Labute approximate surface area is 109 Å². The second kappa shape index (κ2) is 4.19. The quantitative estimate of drug-likeness (QED) is 0.769. The van der Waals surface area contributed by atoms with Crippen LogP contribution in [-0.2, 0) is 7.05 Å². The van der Waals surface area contributed by atoms with E-state index in [9.17, 15) is 0 Å². The molecule has 0 fully saturated rings. The normalized spacial score (nSPS) is 13.1. The lowest BCUT2D eigenvalue weighted by Crippen LogP contribution is -2.04. The average molecular weight is 258 g/mol. The van der Waals surface area contributed by atoms with E-state index in [1.54, 1.807) is 11.3 Å². The van der Waals surface area contributed by atoms with E-state index in [2.05, 4.69) is 20.6 Å². The van der Waals surface area contributed by atoms with Crippen LogP contribution in [0, 0.1) is 0 Å². The van der Waals surface area contributed by atoms with Crippen LogP contribution in [-0.4, -0.2) is 14.5 Å². The Bertz CT molecular complexity index is 696. The fourth-order valence-electron chi connectivity index (χ4n) is 1.97. The third-order valence-electron chi connectivity index (χ3n) is 2.93. The smallest absolute Gasteiger partial charge is 0.160 e. The number of aromatic nitrogens is 3. The van der Waals surface area contributed by atoms with Gasteiger partial charge in [0.1, 0.15) is 10.7 Å². The number of hydrogen-bond donors (Lipinski definition) is 1. The van der Waals surface area contributed by atoms with Crippen molar-refractivity contribution in [2.45, 2.75) is 13.0 Å². The molecule has 0 bridgehead atoms. The van der Waals surface area contributed by atoms with Gasteiger partial charge in [0.15, 0.2) is 5.82 Å². The molecule has 2 N–H and O–H groups in total. The van der Waals surface area contributed by atoms with Crippen molar-refractivity contribution in [3.8, 4) is 11.5 Å². The number of para-hydroxylation sites is 2. The van der Waals surface area contributed by atoms with Crippen molar-refractivity contribution in [1.29, 1.82) is 0 Å². The third-order valence-corrected chi connectivity index (χ3v) is 3.97. The van der Waals surface area contributed by atoms with E-state index in [1.807, 2.05) is 37.6 Å². The second-order valence-corrected chi connectivity index (χ2v) is 5.23. The molecule has 2 aromatic heterocycles. The molecule has 1 atom stereocenters. The predicted molar refractivity (Wildman–Crippen MR) is 74.4 cm³/mol. The second-order valence-electron chi connectivity index (χ2n) is 4.34. The van der Waals surface area contributed by atoms with Gasteiger partial charge in [-0.3, -0.25) is 0 Å². The monoisotopic (exact) mass is 258 g/mol. The summed E-state index contributed by atoms with van der Waals surface area (Å²) in [6.45, 7) is 1.94. The van der Waals surface area contributed by atoms with Crippen LogP contribution < -0.4 is 5.73 Å². The van der Waals surface area contributed by atoms with E-state index in [-0.39, 0.29) is 6.04 Å². The molecule has 1 aromatic carbocycles. The summed E-state index contributed by atoms with van der Waals surface area (Å²) in [5, 5.41) is 2.96. The minimum Gasteiger partial charge on any atom is -0.326 e. The number of benzene rings is 1. The molecule has 0 amide bonds. The van der Waals surface area contributed by atoms with Crippen molar-refractivity contribution in [2.24, 2.45) is 12.8 Å². The largest absolute Gasteiger partial charge is 0.326 e. The highest BCUT2D eigenvalue weighted by molar-refractivity contribution is 7.10. The highest BCUT2D eigenvalue weighted by Crippen LogP contribution is 2.26. The molecule has 3 rings (SSSR count). The van der Waals surface area contributed by atoms with E-state index in [0.717, 1.165) is 27.6 Å². The Morgan fingerprint density at radius 3 is 2.72 bits per heavy atom. The molecule has 5 heteroatoms. The Balaban J connectivity index is 2.15. The first-order chi connectivity index (χ1) is 8.66. The van der Waals surface area contributed by atoms with E-state index < -0.39 is 0 Å². The molecule has 0 saturated carbocycles. The van der Waals surface area contributed by atoms with Gasteiger partial charge in [-0.15, -0.1) is 11.3 Å². The molecule has 0 aliphatic carbocycles. The van der Waals surface area contributed by atoms with Crippen LogP contribution in [0.4, 0.5) is 0 Å². The topological polar surface area (TPSA) is 56.7 Å². The van der Waals surface area contributed by atoms with Crippen LogP contribution in [0.15, 0.2) is 29.6 Å². The van der Waals surface area contributed by atoms with E-state index >= 15 is 0 Å². The van der Waals surface area contributed by atoms with Crippen molar-refractivity contribution in [3.05, 3.63) is 34.7 Å². The molecular weight excluding hydrogens is 244 g/mol. The fourth-order valence-corrected chi connectivity index (χ4v) is 2.73. The number of aryl methyl sites for hydroxylation is 1. The summed E-state index contributed by atoms with van der Waals surface area (Å²) in [5.74, 6) is 0.888. The van der Waals surface area contributed by atoms with Crippen LogP contribution in [0.1, 0.15) is 18.0 Å². The highest BCUT2D eigenvalue weighted by Gasteiger charge is 2.13. The Hall–Kier alpha value is -1.72. The summed E-state index contributed by atoms with van der Waals surface area (Å²) >= 11 is 1.58. The molecule has 18 heavy (non-hydrogen) atoms. The molecule has 92 valence electrons. The van der Waals surface area contributed by atoms with Crippen LogP contribution in [0.3, 0.4) is 0 Å². The molecular formula is C13H14N4S. The summed E-state index contributed by atoms with van der Waals surface area (Å²) in [7, 11) is 2.01. The molecule has 0 aliphatic rings. The minimum atomic E-state index is -0.0292. The number of imidazole rings is 1. The van der Waals surface area contributed by atoms with Gasteiger partial charge >= 0.3 is 0 Å². The van der Waals surface area contributed by atoms with Crippen LogP contribution >= 0.6 is 11.3 Å². The first-order valence-electron chi connectivity index (χ1n) is 5.79. The van der Waals surface area contributed by atoms with E-state index in [1.165, 1.54) is 0 Å². The summed E-state index contributed by atoms with van der Waals surface area (Å²) in [4.78, 5) is 9.17. The number of nitrogens with zero attached hydrogens (tertiary/aromatic N) is 3. The SMILES string of the molecule is CC(N)c1nc(-c2nc3ccccc3n2C)cs1. The van der Waals surface area contributed by atoms with Crippen LogP contribution in [0.5, 0.6) is 0 Å². The van der Waals surface area contributed by atoms with Gasteiger partial charge in [0, 0.05) is 12.4 Å². The molecule has 0 radical (unpaired) electrons. The number of thiazole rings is 1. The molecule has 0 saturated heterocycles. The molecule has 4 nitrogen and oxygen atoms in total. The summed E-state index contributed by atoms with van der Waals surface area (Å²) < 4.78 is 2.06. The Kier molecular flexibility index (Phi) is 2.65. The predicted octanol–water partition coefficient (Wildman–Crippen LogP) is 2.72. The van der Waals surface area contributed by atoms with Gasteiger partial charge in [-0.25, -0.2) is 9.97 Å².